The SMILES string of the molecule is Cc1ccc(N)c(C(=O)NCc2ccc3c(c2)OCO3)c1. The smallest absolute Gasteiger partial charge is 0.253 e. The molecule has 0 spiro atoms. The third kappa shape index (κ3) is 2.76. The maximum Gasteiger partial charge on any atom is 0.253 e. The zero-order valence-electron chi connectivity index (χ0n) is 11.7. The van der Waals surface area contributed by atoms with Gasteiger partial charge in [0.2, 0.25) is 6.79 Å². The molecule has 1 heterocycles. The lowest BCUT2D eigenvalue weighted by molar-refractivity contribution is 0.0951. The number of nitrogens with two attached hydrogens (primary N) is 1. The lowest BCUT2D eigenvalue weighted by Gasteiger charge is -2.09. The van der Waals surface area contributed by atoms with Crippen molar-refractivity contribution in [3.63, 3.8) is 0 Å². The first kappa shape index (κ1) is 13.3. The fraction of sp³-hybridized carbons (Fsp3) is 0.188. The first-order valence-electron chi connectivity index (χ1n) is 6.66. The number of fused-ring (bicyclic) bond motifs is 1. The van der Waals surface area contributed by atoms with Crippen molar-refractivity contribution < 1.29 is 14.3 Å². The lowest BCUT2D eigenvalue weighted by Crippen LogP contribution is -2.23. The van der Waals surface area contributed by atoms with Crippen molar-refractivity contribution in [2.45, 2.75) is 13.5 Å². The second-order valence-corrected chi connectivity index (χ2v) is 4.96. The van der Waals surface area contributed by atoms with E-state index in [-0.39, 0.29) is 12.7 Å². The van der Waals surface area contributed by atoms with Crippen LogP contribution in [-0.2, 0) is 6.54 Å². The number of nitrogens with one attached hydrogen (secondary N) is 1. The van der Waals surface area contributed by atoms with Crippen molar-refractivity contribution in [1.82, 2.24) is 5.32 Å². The number of carbonyl (C=O) groups excluding carboxylic acids is 1. The van der Waals surface area contributed by atoms with E-state index in [4.69, 9.17) is 15.2 Å². The fourth-order valence-electron chi connectivity index (χ4n) is 2.20. The Hall–Kier alpha value is -2.69. The summed E-state index contributed by atoms with van der Waals surface area (Å²) in [4.78, 5) is 12.2. The highest BCUT2D eigenvalue weighted by molar-refractivity contribution is 5.99. The maximum atomic E-state index is 12.2. The molecule has 0 aliphatic carbocycles. The monoisotopic (exact) mass is 284 g/mol. The summed E-state index contributed by atoms with van der Waals surface area (Å²) in [5.41, 5.74) is 8.75. The maximum absolute atomic E-state index is 12.2. The molecule has 2 aromatic rings. The van der Waals surface area contributed by atoms with Gasteiger partial charge in [-0.25, -0.2) is 0 Å². The summed E-state index contributed by atoms with van der Waals surface area (Å²) < 4.78 is 10.6. The third-order valence-corrected chi connectivity index (χ3v) is 3.34. The number of anilines is 1. The topological polar surface area (TPSA) is 73.6 Å². The number of amides is 1. The number of rotatable bonds is 3. The summed E-state index contributed by atoms with van der Waals surface area (Å²) in [5.74, 6) is 1.25. The van der Waals surface area contributed by atoms with Gasteiger partial charge in [0, 0.05) is 12.2 Å². The molecule has 1 aliphatic rings. The largest absolute Gasteiger partial charge is 0.454 e. The molecule has 0 unspecified atom stereocenters. The van der Waals surface area contributed by atoms with E-state index in [2.05, 4.69) is 5.32 Å². The van der Waals surface area contributed by atoms with Gasteiger partial charge in [-0.3, -0.25) is 4.79 Å². The van der Waals surface area contributed by atoms with E-state index in [0.29, 0.717) is 23.5 Å². The van der Waals surface area contributed by atoms with Gasteiger partial charge in [0.15, 0.2) is 11.5 Å². The minimum absolute atomic E-state index is 0.186. The zero-order chi connectivity index (χ0) is 14.8. The van der Waals surface area contributed by atoms with E-state index in [1.54, 1.807) is 12.1 Å². The van der Waals surface area contributed by atoms with Crippen molar-refractivity contribution >= 4 is 11.6 Å². The van der Waals surface area contributed by atoms with Crippen LogP contribution in [0, 0.1) is 6.92 Å². The normalized spacial score (nSPS) is 12.2. The molecule has 3 N–H and O–H groups in total. The lowest BCUT2D eigenvalue weighted by atomic mass is 10.1. The number of benzene rings is 2. The Kier molecular flexibility index (Phi) is 3.39. The molecule has 0 radical (unpaired) electrons. The summed E-state index contributed by atoms with van der Waals surface area (Å²) in [6, 6.07) is 11.0. The Labute approximate surface area is 122 Å². The molecule has 0 fully saturated rings. The highest BCUT2D eigenvalue weighted by Crippen LogP contribution is 2.32. The Morgan fingerprint density at radius 2 is 2.00 bits per heavy atom. The second kappa shape index (κ2) is 5.36. The molecular weight excluding hydrogens is 268 g/mol. The van der Waals surface area contributed by atoms with Gasteiger partial charge in [-0.15, -0.1) is 0 Å². The summed E-state index contributed by atoms with van der Waals surface area (Å²) in [5, 5.41) is 2.86. The molecule has 0 atom stereocenters. The molecule has 1 amide bonds. The number of hydrogen-bond acceptors (Lipinski definition) is 4. The van der Waals surface area contributed by atoms with Crippen LogP contribution in [0.4, 0.5) is 5.69 Å². The van der Waals surface area contributed by atoms with Gasteiger partial charge in [-0.2, -0.15) is 0 Å². The van der Waals surface area contributed by atoms with Gasteiger partial charge < -0.3 is 20.5 Å². The van der Waals surface area contributed by atoms with Gasteiger partial charge in [-0.1, -0.05) is 17.7 Å². The van der Waals surface area contributed by atoms with Gasteiger partial charge in [0.25, 0.3) is 5.91 Å². The van der Waals surface area contributed by atoms with Crippen LogP contribution in [-0.4, -0.2) is 12.7 Å². The number of aryl methyl sites for hydroxylation is 1. The van der Waals surface area contributed by atoms with Crippen LogP contribution < -0.4 is 20.5 Å². The van der Waals surface area contributed by atoms with Gasteiger partial charge >= 0.3 is 0 Å². The molecule has 5 heteroatoms. The standard InChI is InChI=1S/C16H16N2O3/c1-10-2-4-13(17)12(6-10)16(19)18-8-11-3-5-14-15(7-11)21-9-20-14/h2-7H,8-9,17H2,1H3,(H,18,19). The first-order valence-corrected chi connectivity index (χ1v) is 6.66. The molecule has 0 bridgehead atoms. The van der Waals surface area contributed by atoms with Crippen LogP contribution >= 0.6 is 0 Å². The van der Waals surface area contributed by atoms with E-state index in [1.807, 2.05) is 31.2 Å². The number of carbonyl (C=O) groups is 1. The summed E-state index contributed by atoms with van der Waals surface area (Å²) >= 11 is 0. The average molecular weight is 284 g/mol. The Bertz CT molecular complexity index is 698. The molecular formula is C16H16N2O3. The Balaban J connectivity index is 1.70. The quantitative estimate of drug-likeness (QED) is 0.848. The average Bonchev–Trinajstić information content (AvgIpc) is 2.94. The molecule has 2 aromatic carbocycles. The Morgan fingerprint density at radius 1 is 1.19 bits per heavy atom. The van der Waals surface area contributed by atoms with Crippen LogP contribution in [0.5, 0.6) is 11.5 Å². The van der Waals surface area contributed by atoms with Gasteiger partial charge in [0.05, 0.1) is 5.56 Å². The van der Waals surface area contributed by atoms with E-state index < -0.39 is 0 Å². The summed E-state index contributed by atoms with van der Waals surface area (Å²) in [6.45, 7) is 2.57. The van der Waals surface area contributed by atoms with Crippen molar-refractivity contribution in [1.29, 1.82) is 0 Å². The molecule has 0 saturated carbocycles. The molecule has 108 valence electrons. The minimum atomic E-state index is -0.186. The van der Waals surface area contributed by atoms with Crippen molar-refractivity contribution in [2.24, 2.45) is 0 Å². The minimum Gasteiger partial charge on any atom is -0.454 e. The molecule has 5 nitrogen and oxygen atoms in total. The van der Waals surface area contributed by atoms with Crippen molar-refractivity contribution in [3.8, 4) is 11.5 Å². The fourth-order valence-corrected chi connectivity index (χ4v) is 2.20. The highest BCUT2D eigenvalue weighted by Gasteiger charge is 2.14. The van der Waals surface area contributed by atoms with Crippen molar-refractivity contribution in [2.75, 3.05) is 12.5 Å². The van der Waals surface area contributed by atoms with E-state index in [0.717, 1.165) is 16.9 Å². The van der Waals surface area contributed by atoms with Gasteiger partial charge in [0.1, 0.15) is 0 Å². The summed E-state index contributed by atoms with van der Waals surface area (Å²) in [7, 11) is 0. The molecule has 21 heavy (non-hydrogen) atoms. The van der Waals surface area contributed by atoms with Crippen LogP contribution in [0.2, 0.25) is 0 Å². The highest BCUT2D eigenvalue weighted by atomic mass is 16.7. The van der Waals surface area contributed by atoms with Crippen LogP contribution in [0.3, 0.4) is 0 Å². The number of ether oxygens (including phenoxy) is 2. The molecule has 0 aromatic heterocycles. The predicted octanol–water partition coefficient (Wildman–Crippen LogP) is 2.24. The van der Waals surface area contributed by atoms with E-state index in [9.17, 15) is 4.79 Å². The number of hydrogen-bond donors (Lipinski definition) is 2. The van der Waals surface area contributed by atoms with E-state index in [1.165, 1.54) is 0 Å². The Morgan fingerprint density at radius 3 is 2.86 bits per heavy atom. The molecule has 3 rings (SSSR count). The molecule has 0 saturated heterocycles. The van der Waals surface area contributed by atoms with E-state index >= 15 is 0 Å². The summed E-state index contributed by atoms with van der Waals surface area (Å²) in [6.07, 6.45) is 0. The first-order chi connectivity index (χ1) is 10.1. The van der Waals surface area contributed by atoms with Gasteiger partial charge in [-0.05, 0) is 36.8 Å². The second-order valence-electron chi connectivity index (χ2n) is 4.96. The zero-order valence-corrected chi connectivity index (χ0v) is 11.7. The third-order valence-electron chi connectivity index (χ3n) is 3.34. The van der Waals surface area contributed by atoms with Crippen molar-refractivity contribution in [3.05, 3.63) is 53.1 Å². The van der Waals surface area contributed by atoms with Crippen LogP contribution in [0.1, 0.15) is 21.5 Å². The van der Waals surface area contributed by atoms with Crippen LogP contribution in [0.25, 0.3) is 0 Å². The van der Waals surface area contributed by atoms with Crippen LogP contribution in [0.15, 0.2) is 36.4 Å². The number of nitrogen functional groups attached to an aromatic ring is 1. The predicted molar refractivity (Wildman–Crippen MR) is 79.3 cm³/mol. The molecule has 1 aliphatic heterocycles.